The van der Waals surface area contributed by atoms with E-state index in [0.29, 0.717) is 18.5 Å². The van der Waals surface area contributed by atoms with Crippen molar-refractivity contribution in [1.82, 2.24) is 10.3 Å². The molecule has 2 rings (SSSR count). The van der Waals surface area contributed by atoms with E-state index in [9.17, 15) is 14.7 Å². The highest BCUT2D eigenvalue weighted by molar-refractivity contribution is 5.82. The minimum absolute atomic E-state index is 0.0466. The van der Waals surface area contributed by atoms with Crippen molar-refractivity contribution in [2.45, 2.75) is 39.7 Å². The molecular weight excluding hydrogens is 292 g/mol. The summed E-state index contributed by atoms with van der Waals surface area (Å²) in [5.74, 6) is -0.190. The van der Waals surface area contributed by atoms with Gasteiger partial charge in [-0.2, -0.15) is 0 Å². The van der Waals surface area contributed by atoms with Gasteiger partial charge in [0.05, 0.1) is 12.5 Å². The van der Waals surface area contributed by atoms with Crippen molar-refractivity contribution in [2.75, 3.05) is 6.54 Å². The Morgan fingerprint density at radius 3 is 2.74 bits per heavy atom. The third kappa shape index (κ3) is 4.93. The summed E-state index contributed by atoms with van der Waals surface area (Å²) in [5.41, 5.74) is 0.788. The molecule has 0 fully saturated rings. The second-order valence-corrected chi connectivity index (χ2v) is 6.88. The maximum absolute atomic E-state index is 12.1. The number of aromatic nitrogens is 1. The first kappa shape index (κ1) is 17.2. The molecule has 1 amide bonds. The number of para-hydroxylation sites is 1. The molecule has 2 aromatic rings. The fourth-order valence-corrected chi connectivity index (χ4v) is 2.77. The van der Waals surface area contributed by atoms with E-state index in [1.807, 2.05) is 38.1 Å². The number of benzene rings is 1. The van der Waals surface area contributed by atoms with Gasteiger partial charge in [0.2, 0.25) is 5.91 Å². The predicted octanol–water partition coefficient (Wildman–Crippen LogP) is 1.98. The predicted molar refractivity (Wildman–Crippen MR) is 91.4 cm³/mol. The maximum Gasteiger partial charge on any atom is 0.252 e. The molecule has 1 heterocycles. The summed E-state index contributed by atoms with van der Waals surface area (Å²) in [7, 11) is 0. The first-order valence-electron chi connectivity index (χ1n) is 7.82. The topological polar surface area (TPSA) is 82.2 Å². The van der Waals surface area contributed by atoms with Crippen LogP contribution in [-0.2, 0) is 11.2 Å². The molecule has 5 nitrogen and oxygen atoms in total. The molecule has 1 aromatic carbocycles. The highest BCUT2D eigenvalue weighted by Crippen LogP contribution is 2.21. The molecule has 1 aromatic heterocycles. The van der Waals surface area contributed by atoms with Crippen LogP contribution in [0.1, 0.15) is 32.8 Å². The summed E-state index contributed by atoms with van der Waals surface area (Å²) < 4.78 is 0. The number of aliphatic hydroxyl groups excluding tert-OH is 1. The van der Waals surface area contributed by atoms with Crippen molar-refractivity contribution in [3.05, 3.63) is 46.2 Å². The van der Waals surface area contributed by atoms with E-state index >= 15 is 0 Å². The van der Waals surface area contributed by atoms with E-state index in [0.717, 1.165) is 10.9 Å². The maximum atomic E-state index is 12.1. The van der Waals surface area contributed by atoms with Crippen molar-refractivity contribution in [1.29, 1.82) is 0 Å². The van der Waals surface area contributed by atoms with Gasteiger partial charge in [-0.1, -0.05) is 32.0 Å². The minimum atomic E-state index is -0.412. The number of aromatic amines is 1. The van der Waals surface area contributed by atoms with Crippen LogP contribution in [-0.4, -0.2) is 28.6 Å². The number of pyridine rings is 1. The SMILES string of the molecule is CC(O)CC(C)(C)CNC(=O)Cc1cc2ccccc2[nH]c1=O. The molecule has 23 heavy (non-hydrogen) atoms. The van der Waals surface area contributed by atoms with E-state index in [2.05, 4.69) is 10.3 Å². The van der Waals surface area contributed by atoms with Gasteiger partial charge in [0.1, 0.15) is 0 Å². The van der Waals surface area contributed by atoms with Crippen molar-refractivity contribution in [2.24, 2.45) is 5.41 Å². The minimum Gasteiger partial charge on any atom is -0.393 e. The molecule has 0 aliphatic rings. The number of hydrogen-bond acceptors (Lipinski definition) is 3. The Labute approximate surface area is 135 Å². The Kier molecular flexibility index (Phi) is 5.21. The quantitative estimate of drug-likeness (QED) is 0.762. The summed E-state index contributed by atoms with van der Waals surface area (Å²) in [6, 6.07) is 9.24. The number of nitrogens with one attached hydrogen (secondary N) is 2. The van der Waals surface area contributed by atoms with Gasteiger partial charge < -0.3 is 15.4 Å². The normalized spacial score (nSPS) is 13.0. The van der Waals surface area contributed by atoms with Gasteiger partial charge in [0.25, 0.3) is 5.56 Å². The highest BCUT2D eigenvalue weighted by atomic mass is 16.3. The molecule has 0 saturated carbocycles. The van der Waals surface area contributed by atoms with Crippen LogP contribution in [0.25, 0.3) is 10.9 Å². The Balaban J connectivity index is 2.03. The summed E-state index contributed by atoms with van der Waals surface area (Å²) in [6.07, 6.45) is 0.236. The third-order valence-electron chi connectivity index (χ3n) is 3.79. The number of amides is 1. The largest absolute Gasteiger partial charge is 0.393 e. The van der Waals surface area contributed by atoms with Crippen LogP contribution in [0.4, 0.5) is 0 Å². The monoisotopic (exact) mass is 316 g/mol. The van der Waals surface area contributed by atoms with E-state index in [-0.39, 0.29) is 23.3 Å². The Hall–Kier alpha value is -2.14. The number of carbonyl (C=O) groups is 1. The average Bonchev–Trinajstić information content (AvgIpc) is 2.45. The van der Waals surface area contributed by atoms with Gasteiger partial charge >= 0.3 is 0 Å². The van der Waals surface area contributed by atoms with E-state index in [1.165, 1.54) is 0 Å². The van der Waals surface area contributed by atoms with E-state index in [4.69, 9.17) is 0 Å². The van der Waals surface area contributed by atoms with Gasteiger partial charge in [-0.25, -0.2) is 0 Å². The molecule has 124 valence electrons. The van der Waals surface area contributed by atoms with E-state index < -0.39 is 6.10 Å². The van der Waals surface area contributed by atoms with Crippen LogP contribution in [0, 0.1) is 5.41 Å². The van der Waals surface area contributed by atoms with Gasteiger partial charge in [-0.3, -0.25) is 9.59 Å². The zero-order valence-electron chi connectivity index (χ0n) is 13.8. The molecule has 0 aliphatic carbocycles. The van der Waals surface area contributed by atoms with Crippen LogP contribution < -0.4 is 10.9 Å². The average molecular weight is 316 g/mol. The molecule has 5 heteroatoms. The number of rotatable bonds is 6. The van der Waals surface area contributed by atoms with Crippen molar-refractivity contribution in [3.63, 3.8) is 0 Å². The van der Waals surface area contributed by atoms with Gasteiger partial charge in [-0.15, -0.1) is 0 Å². The van der Waals surface area contributed by atoms with Crippen LogP contribution in [0.15, 0.2) is 35.1 Å². The Morgan fingerprint density at radius 1 is 1.35 bits per heavy atom. The zero-order chi connectivity index (χ0) is 17.0. The fourth-order valence-electron chi connectivity index (χ4n) is 2.77. The standard InChI is InChI=1S/C18H24N2O3/c1-12(21)10-18(2,3)11-19-16(22)9-14-8-13-6-4-5-7-15(13)20-17(14)23/h4-8,12,21H,9-11H2,1-3H3,(H,19,22)(H,20,23). The lowest BCUT2D eigenvalue weighted by molar-refractivity contribution is -0.121. The lowest BCUT2D eigenvalue weighted by atomic mass is 9.87. The highest BCUT2D eigenvalue weighted by Gasteiger charge is 2.21. The molecule has 0 spiro atoms. The third-order valence-corrected chi connectivity index (χ3v) is 3.79. The molecule has 3 N–H and O–H groups in total. The Bertz CT molecular complexity index is 747. The number of carbonyl (C=O) groups excluding carboxylic acids is 1. The number of hydrogen-bond donors (Lipinski definition) is 3. The van der Waals surface area contributed by atoms with Crippen LogP contribution >= 0.6 is 0 Å². The molecule has 1 unspecified atom stereocenters. The first-order chi connectivity index (χ1) is 10.8. The van der Waals surface area contributed by atoms with Crippen LogP contribution in [0.3, 0.4) is 0 Å². The second kappa shape index (κ2) is 6.96. The van der Waals surface area contributed by atoms with Gasteiger partial charge in [0, 0.05) is 17.6 Å². The lowest BCUT2D eigenvalue weighted by Crippen LogP contribution is -2.37. The van der Waals surface area contributed by atoms with Crippen molar-refractivity contribution < 1.29 is 9.90 Å². The van der Waals surface area contributed by atoms with Crippen LogP contribution in [0.5, 0.6) is 0 Å². The van der Waals surface area contributed by atoms with Crippen LogP contribution in [0.2, 0.25) is 0 Å². The number of H-pyrrole nitrogens is 1. The molecule has 0 bridgehead atoms. The lowest BCUT2D eigenvalue weighted by Gasteiger charge is -2.26. The smallest absolute Gasteiger partial charge is 0.252 e. The number of fused-ring (bicyclic) bond motifs is 1. The molecular formula is C18H24N2O3. The van der Waals surface area contributed by atoms with Crippen molar-refractivity contribution >= 4 is 16.8 Å². The van der Waals surface area contributed by atoms with Gasteiger partial charge in [-0.05, 0) is 36.3 Å². The molecule has 0 radical (unpaired) electrons. The molecule has 0 saturated heterocycles. The molecule has 1 atom stereocenters. The summed E-state index contributed by atoms with van der Waals surface area (Å²) >= 11 is 0. The summed E-state index contributed by atoms with van der Waals surface area (Å²) in [4.78, 5) is 26.9. The molecule has 0 aliphatic heterocycles. The Morgan fingerprint density at radius 2 is 2.04 bits per heavy atom. The fraction of sp³-hybridized carbons (Fsp3) is 0.444. The zero-order valence-corrected chi connectivity index (χ0v) is 13.8. The number of aliphatic hydroxyl groups is 1. The first-order valence-corrected chi connectivity index (χ1v) is 7.82. The van der Waals surface area contributed by atoms with Gasteiger partial charge in [0.15, 0.2) is 0 Å². The van der Waals surface area contributed by atoms with Crippen molar-refractivity contribution in [3.8, 4) is 0 Å². The summed E-state index contributed by atoms with van der Waals surface area (Å²) in [6.45, 7) is 6.17. The van der Waals surface area contributed by atoms with E-state index in [1.54, 1.807) is 13.0 Å². The summed E-state index contributed by atoms with van der Waals surface area (Å²) in [5, 5.41) is 13.2. The second-order valence-electron chi connectivity index (χ2n) is 6.88.